The second kappa shape index (κ2) is 5.58. The fourth-order valence-corrected chi connectivity index (χ4v) is 2.05. The molecule has 0 N–H and O–H groups in total. The van der Waals surface area contributed by atoms with Crippen molar-refractivity contribution < 1.29 is 0 Å². The molecular formula is C11H25N. The molecule has 0 aliphatic rings. The lowest BCUT2D eigenvalue weighted by Crippen LogP contribution is -2.40. The van der Waals surface area contributed by atoms with Gasteiger partial charge in [-0.2, -0.15) is 0 Å². The normalized spacial score (nSPS) is 17.0. The molecule has 0 amide bonds. The van der Waals surface area contributed by atoms with Crippen LogP contribution in [-0.4, -0.2) is 24.5 Å². The Labute approximate surface area is 78.1 Å². The number of hydrogen-bond acceptors (Lipinski definition) is 1. The van der Waals surface area contributed by atoms with E-state index in [1.165, 1.54) is 6.42 Å². The molecule has 74 valence electrons. The molecule has 2 atom stereocenters. The van der Waals surface area contributed by atoms with Gasteiger partial charge < -0.3 is 4.90 Å². The average molecular weight is 171 g/mol. The van der Waals surface area contributed by atoms with E-state index in [1.54, 1.807) is 0 Å². The van der Waals surface area contributed by atoms with Crippen LogP contribution in [0.2, 0.25) is 0 Å². The minimum Gasteiger partial charge on any atom is -0.303 e. The molecule has 0 saturated heterocycles. The second-order valence-corrected chi connectivity index (χ2v) is 4.19. The van der Waals surface area contributed by atoms with Crippen LogP contribution in [0.25, 0.3) is 0 Å². The Bertz CT molecular complexity index is 99.6. The van der Waals surface area contributed by atoms with Crippen LogP contribution in [0.4, 0.5) is 0 Å². The third kappa shape index (κ3) is 3.14. The Kier molecular flexibility index (Phi) is 5.56. The van der Waals surface area contributed by atoms with Crippen LogP contribution in [0.15, 0.2) is 0 Å². The van der Waals surface area contributed by atoms with Gasteiger partial charge in [-0.05, 0) is 25.4 Å². The van der Waals surface area contributed by atoms with E-state index in [0.717, 1.165) is 24.4 Å². The number of hydrogen-bond donors (Lipinski definition) is 0. The van der Waals surface area contributed by atoms with E-state index in [1.807, 2.05) is 0 Å². The van der Waals surface area contributed by atoms with Crippen molar-refractivity contribution in [3.05, 3.63) is 0 Å². The van der Waals surface area contributed by atoms with Crippen LogP contribution >= 0.6 is 0 Å². The minimum absolute atomic E-state index is 0.750. The summed E-state index contributed by atoms with van der Waals surface area (Å²) in [4.78, 5) is 2.47. The van der Waals surface area contributed by atoms with Gasteiger partial charge in [0, 0.05) is 6.04 Å². The van der Waals surface area contributed by atoms with E-state index in [9.17, 15) is 0 Å². The van der Waals surface area contributed by atoms with Gasteiger partial charge >= 0.3 is 0 Å². The summed E-state index contributed by atoms with van der Waals surface area (Å²) in [6.45, 7) is 12.7. The lowest BCUT2D eigenvalue weighted by Gasteiger charge is -2.34. The molecule has 0 saturated carbocycles. The summed E-state index contributed by atoms with van der Waals surface area (Å²) in [6, 6.07) is 0.750. The van der Waals surface area contributed by atoms with Crippen molar-refractivity contribution in [2.75, 3.05) is 13.6 Å². The number of rotatable bonds is 5. The first-order valence-electron chi connectivity index (χ1n) is 5.24. The van der Waals surface area contributed by atoms with E-state index in [0.29, 0.717) is 0 Å². The maximum absolute atomic E-state index is 2.47. The Morgan fingerprint density at radius 3 is 1.83 bits per heavy atom. The monoisotopic (exact) mass is 171 g/mol. The predicted octanol–water partition coefficient (Wildman–Crippen LogP) is 3.01. The SMILES string of the molecule is CCC(C)C(C(C)C)N(C)CC. The van der Waals surface area contributed by atoms with Gasteiger partial charge in [0.25, 0.3) is 0 Å². The van der Waals surface area contributed by atoms with E-state index in [-0.39, 0.29) is 0 Å². The Hall–Kier alpha value is -0.0400. The van der Waals surface area contributed by atoms with Crippen molar-refractivity contribution in [2.45, 2.75) is 47.1 Å². The van der Waals surface area contributed by atoms with E-state index >= 15 is 0 Å². The van der Waals surface area contributed by atoms with Gasteiger partial charge in [0.05, 0.1) is 0 Å². The third-order valence-corrected chi connectivity index (χ3v) is 2.92. The zero-order valence-corrected chi connectivity index (χ0v) is 9.59. The van der Waals surface area contributed by atoms with E-state index < -0.39 is 0 Å². The Morgan fingerprint density at radius 2 is 1.58 bits per heavy atom. The van der Waals surface area contributed by atoms with Crippen LogP contribution in [0, 0.1) is 11.8 Å². The molecule has 1 heteroatoms. The Balaban J connectivity index is 4.21. The van der Waals surface area contributed by atoms with Gasteiger partial charge in [-0.3, -0.25) is 0 Å². The number of nitrogens with zero attached hydrogens (tertiary/aromatic N) is 1. The topological polar surface area (TPSA) is 3.24 Å². The van der Waals surface area contributed by atoms with Crippen molar-refractivity contribution in [2.24, 2.45) is 11.8 Å². The first kappa shape index (κ1) is 12.0. The van der Waals surface area contributed by atoms with Crippen molar-refractivity contribution in [1.29, 1.82) is 0 Å². The van der Waals surface area contributed by atoms with Crippen LogP contribution in [0.1, 0.15) is 41.0 Å². The standard InChI is InChI=1S/C11H25N/c1-7-10(5)11(9(3)4)12(6)8-2/h9-11H,7-8H2,1-6H3. The summed E-state index contributed by atoms with van der Waals surface area (Å²) in [5, 5.41) is 0. The van der Waals surface area contributed by atoms with Crippen LogP contribution in [0.5, 0.6) is 0 Å². The van der Waals surface area contributed by atoms with Gasteiger partial charge in [-0.1, -0.05) is 41.0 Å². The molecular weight excluding hydrogens is 146 g/mol. The lowest BCUT2D eigenvalue weighted by atomic mass is 9.89. The van der Waals surface area contributed by atoms with Crippen molar-refractivity contribution in [3.8, 4) is 0 Å². The minimum atomic E-state index is 0.750. The van der Waals surface area contributed by atoms with Gasteiger partial charge in [0.15, 0.2) is 0 Å². The average Bonchev–Trinajstić information content (AvgIpc) is 2.03. The summed E-state index contributed by atoms with van der Waals surface area (Å²) in [7, 11) is 2.23. The molecule has 12 heavy (non-hydrogen) atoms. The highest BCUT2D eigenvalue weighted by atomic mass is 15.1. The fourth-order valence-electron chi connectivity index (χ4n) is 2.05. The summed E-state index contributed by atoms with van der Waals surface area (Å²) in [6.07, 6.45) is 1.28. The summed E-state index contributed by atoms with van der Waals surface area (Å²) < 4.78 is 0. The molecule has 0 aliphatic carbocycles. The maximum Gasteiger partial charge on any atom is 0.0141 e. The molecule has 0 fully saturated rings. The molecule has 2 unspecified atom stereocenters. The van der Waals surface area contributed by atoms with Gasteiger partial charge in [0.1, 0.15) is 0 Å². The zero-order chi connectivity index (χ0) is 9.72. The first-order chi connectivity index (χ1) is 5.54. The lowest BCUT2D eigenvalue weighted by molar-refractivity contribution is 0.141. The van der Waals surface area contributed by atoms with E-state index in [2.05, 4.69) is 46.6 Å². The van der Waals surface area contributed by atoms with Crippen LogP contribution < -0.4 is 0 Å². The van der Waals surface area contributed by atoms with Crippen molar-refractivity contribution in [3.63, 3.8) is 0 Å². The molecule has 0 bridgehead atoms. The van der Waals surface area contributed by atoms with E-state index in [4.69, 9.17) is 0 Å². The predicted molar refractivity (Wildman–Crippen MR) is 56.4 cm³/mol. The largest absolute Gasteiger partial charge is 0.303 e. The van der Waals surface area contributed by atoms with Crippen LogP contribution in [0.3, 0.4) is 0 Å². The second-order valence-electron chi connectivity index (χ2n) is 4.19. The highest BCUT2D eigenvalue weighted by Crippen LogP contribution is 2.20. The quantitative estimate of drug-likeness (QED) is 0.614. The van der Waals surface area contributed by atoms with Gasteiger partial charge in [-0.25, -0.2) is 0 Å². The molecule has 0 rings (SSSR count). The van der Waals surface area contributed by atoms with Gasteiger partial charge in [0.2, 0.25) is 0 Å². The molecule has 0 aromatic carbocycles. The molecule has 0 spiro atoms. The third-order valence-electron chi connectivity index (χ3n) is 2.92. The highest BCUT2D eigenvalue weighted by molar-refractivity contribution is 4.76. The summed E-state index contributed by atoms with van der Waals surface area (Å²) in [5.74, 6) is 1.58. The molecule has 0 heterocycles. The highest BCUT2D eigenvalue weighted by Gasteiger charge is 2.22. The van der Waals surface area contributed by atoms with Gasteiger partial charge in [-0.15, -0.1) is 0 Å². The zero-order valence-electron chi connectivity index (χ0n) is 9.59. The van der Waals surface area contributed by atoms with Crippen molar-refractivity contribution >= 4 is 0 Å². The summed E-state index contributed by atoms with van der Waals surface area (Å²) in [5.41, 5.74) is 0. The maximum atomic E-state index is 2.47. The molecule has 0 aromatic rings. The Morgan fingerprint density at radius 1 is 1.08 bits per heavy atom. The van der Waals surface area contributed by atoms with Crippen molar-refractivity contribution in [1.82, 2.24) is 4.90 Å². The molecule has 0 aliphatic heterocycles. The smallest absolute Gasteiger partial charge is 0.0141 e. The van der Waals surface area contributed by atoms with Crippen LogP contribution in [-0.2, 0) is 0 Å². The molecule has 1 nitrogen and oxygen atoms in total. The molecule has 0 radical (unpaired) electrons. The molecule has 0 aromatic heterocycles. The first-order valence-corrected chi connectivity index (χ1v) is 5.24. The fraction of sp³-hybridized carbons (Fsp3) is 1.00. The summed E-state index contributed by atoms with van der Waals surface area (Å²) >= 11 is 0.